The number of alkyl halides is 15. The number of rotatable bonds is 6. The molecule has 0 amide bonds. The maximum atomic E-state index is 13.1. The summed E-state index contributed by atoms with van der Waals surface area (Å²) in [6.45, 7) is 0. The molecule has 0 radical (unpaired) electrons. The van der Waals surface area contributed by atoms with Crippen molar-refractivity contribution in [1.29, 1.82) is 0 Å². The van der Waals surface area contributed by atoms with Crippen molar-refractivity contribution in [3.05, 3.63) is 8.90 Å². The van der Waals surface area contributed by atoms with Gasteiger partial charge in [-0.05, 0) is 0 Å². The van der Waals surface area contributed by atoms with Crippen molar-refractivity contribution < 1.29 is 74.6 Å². The Bertz CT molecular complexity index is 592. The van der Waals surface area contributed by atoms with Crippen LogP contribution in [0.1, 0.15) is 0 Å². The normalized spacial score (nSPS) is 17.1. The molecule has 0 N–H and O–H groups in total. The Hall–Kier alpha value is -0.450. The van der Waals surface area contributed by atoms with E-state index in [1.807, 2.05) is 0 Å². The van der Waals surface area contributed by atoms with Crippen LogP contribution in [0, 0.1) is 0 Å². The van der Waals surface area contributed by atoms with Crippen LogP contribution in [0.25, 0.3) is 0 Å². The molecule has 0 bridgehead atoms. The van der Waals surface area contributed by atoms with Gasteiger partial charge in [-0.2, -0.15) is 0 Å². The molecule has 0 nitrogen and oxygen atoms in total. The number of allylic oxidation sites excluding steroid dienone is 1. The van der Waals surface area contributed by atoms with E-state index in [4.69, 9.17) is 0 Å². The fourth-order valence-corrected chi connectivity index (χ4v) is 1.63. The van der Waals surface area contributed by atoms with Crippen LogP contribution >= 0.6 is 0 Å². The van der Waals surface area contributed by atoms with Gasteiger partial charge in [0.05, 0.1) is 0 Å². The molecule has 0 heterocycles. The Morgan fingerprint density at radius 2 is 0.704 bits per heavy atom. The zero-order chi connectivity index (χ0) is 22.7. The van der Waals surface area contributed by atoms with Gasteiger partial charge in [0.25, 0.3) is 0 Å². The van der Waals surface area contributed by atoms with Crippen LogP contribution in [0.5, 0.6) is 0 Å². The van der Waals surface area contributed by atoms with Crippen molar-refractivity contribution in [2.75, 3.05) is 0 Å². The van der Waals surface area contributed by atoms with Gasteiger partial charge in [0.1, 0.15) is 0 Å². The summed E-state index contributed by atoms with van der Waals surface area (Å²) in [6, 6.07) is 0. The van der Waals surface area contributed by atoms with Gasteiger partial charge in [0.2, 0.25) is 0 Å². The van der Waals surface area contributed by atoms with E-state index >= 15 is 0 Å². The summed E-state index contributed by atoms with van der Waals surface area (Å²) in [5.74, 6) is -53.0. The number of hydrogen-bond acceptors (Lipinski definition) is 0. The van der Waals surface area contributed by atoms with Crippen LogP contribution in [0.15, 0.2) is 8.90 Å². The van der Waals surface area contributed by atoms with Crippen LogP contribution in [0.3, 0.4) is 0 Å². The minimum atomic E-state index is -8.52. The summed E-state index contributed by atoms with van der Waals surface area (Å²) in [5.41, 5.74) is 0. The Morgan fingerprint density at radius 3 is 0.963 bits per heavy atom. The predicted molar refractivity (Wildman–Crippen MR) is 50.7 cm³/mol. The van der Waals surface area contributed by atoms with E-state index in [1.54, 1.807) is 0 Å². The van der Waals surface area contributed by atoms with Crippen LogP contribution in [0.4, 0.5) is 74.6 Å². The molecule has 0 saturated heterocycles. The first-order valence-corrected chi connectivity index (χ1v) is 6.71. The molecule has 0 aromatic carbocycles. The third kappa shape index (κ3) is 3.51. The molecule has 0 aliphatic carbocycles. The Morgan fingerprint density at radius 1 is 0.444 bits per heavy atom. The van der Waals surface area contributed by atoms with E-state index in [1.165, 1.54) is 0 Å². The van der Waals surface area contributed by atoms with Crippen LogP contribution < -0.4 is 0 Å². The van der Waals surface area contributed by atoms with E-state index in [0.717, 1.165) is 0 Å². The molecule has 0 spiro atoms. The van der Waals surface area contributed by atoms with Gasteiger partial charge in [0.15, 0.2) is 0 Å². The van der Waals surface area contributed by atoms with Gasteiger partial charge in [-0.3, -0.25) is 0 Å². The van der Waals surface area contributed by atoms with Gasteiger partial charge in [-0.25, -0.2) is 0 Å². The van der Waals surface area contributed by atoms with Crippen LogP contribution in [0.2, 0.25) is 0 Å². The fourth-order valence-electron chi connectivity index (χ4n) is 1.32. The van der Waals surface area contributed by atoms with Gasteiger partial charge in [-0.1, -0.05) is 0 Å². The molecule has 0 aromatic heterocycles. The summed E-state index contributed by atoms with van der Waals surface area (Å²) >= 11 is -1.55. The SMILES string of the molecule is F[C]([Na])=C(F)C(F)(F)C(F)(F)C(F)(F)C(F)(F)C(F)(F)C(F)(F)C(F)(F)F. The van der Waals surface area contributed by atoms with E-state index in [9.17, 15) is 74.6 Å². The molecule has 27 heavy (non-hydrogen) atoms. The van der Waals surface area contributed by atoms with E-state index < -0.39 is 78.5 Å². The average molecular weight is 454 g/mol. The summed E-state index contributed by atoms with van der Waals surface area (Å²) in [7, 11) is 0. The van der Waals surface area contributed by atoms with Crippen LogP contribution in [-0.2, 0) is 0 Å². The molecule has 0 unspecified atom stereocenters. The fraction of sp³-hybridized carbons (Fsp3) is 0.778. The quantitative estimate of drug-likeness (QED) is 0.360. The van der Waals surface area contributed by atoms with Gasteiger partial charge >= 0.3 is 153 Å². The Balaban J connectivity index is 6.70. The molecule has 156 valence electrons. The second-order valence-corrected chi connectivity index (χ2v) is 5.67. The average Bonchev–Trinajstić information content (AvgIpc) is 2.43. The third-order valence-corrected chi connectivity index (χ3v) is 3.34. The Kier molecular flexibility index (Phi) is 6.70. The summed E-state index contributed by atoms with van der Waals surface area (Å²) in [6.07, 6.45) is -7.72. The maximum absolute atomic E-state index is 13.1. The summed E-state index contributed by atoms with van der Waals surface area (Å²) in [5, 5.41) is 0. The van der Waals surface area contributed by atoms with E-state index in [2.05, 4.69) is 0 Å². The first-order valence-electron chi connectivity index (χ1n) is 5.71. The number of halogens is 17. The van der Waals surface area contributed by atoms with Gasteiger partial charge in [0, 0.05) is 0 Å². The van der Waals surface area contributed by atoms with Crippen molar-refractivity contribution in [1.82, 2.24) is 0 Å². The van der Waals surface area contributed by atoms with Crippen molar-refractivity contribution >= 4 is 27.9 Å². The minimum absolute atomic E-state index is 1.55. The van der Waals surface area contributed by atoms with Crippen molar-refractivity contribution in [3.8, 4) is 0 Å². The van der Waals surface area contributed by atoms with Crippen molar-refractivity contribution in [2.45, 2.75) is 41.7 Å². The van der Waals surface area contributed by atoms with Gasteiger partial charge < -0.3 is 0 Å². The molecule has 18 heteroatoms. The first-order chi connectivity index (χ1) is 11.4. The molecular formula is C9F17Na. The topological polar surface area (TPSA) is 0 Å². The molecule has 0 aliphatic rings. The number of hydrogen-bond donors (Lipinski definition) is 0. The van der Waals surface area contributed by atoms with Crippen molar-refractivity contribution in [2.24, 2.45) is 0 Å². The molecule has 0 aromatic rings. The summed E-state index contributed by atoms with van der Waals surface area (Å²) in [4.78, 5) is 0. The zero-order valence-corrected chi connectivity index (χ0v) is 13.9. The third-order valence-electron chi connectivity index (χ3n) is 2.91. The first kappa shape index (κ1) is 26.6. The molecule has 0 aliphatic heterocycles. The molecule has 0 rings (SSSR count). The predicted octanol–water partition coefficient (Wildman–Crippen LogP) is 5.64. The standard InChI is InChI=1S/C9F17.Na/c10-1-2(11)3(12,13)4(14,15)5(16,17)6(18,19)7(20,21)8(22,23)9(24,25)26;. The molecule has 0 atom stereocenters. The second kappa shape index (κ2) is 6.81. The van der Waals surface area contributed by atoms with E-state index in [0.29, 0.717) is 0 Å². The van der Waals surface area contributed by atoms with Crippen molar-refractivity contribution in [3.63, 3.8) is 0 Å². The molecule has 0 saturated carbocycles. The molecule has 0 fully saturated rings. The van der Waals surface area contributed by atoms with Gasteiger partial charge in [-0.15, -0.1) is 0 Å². The molecular weight excluding hydrogens is 454 g/mol. The van der Waals surface area contributed by atoms with E-state index in [-0.39, 0.29) is 0 Å². The Labute approximate surface area is 153 Å². The second-order valence-electron chi connectivity index (χ2n) is 4.79. The van der Waals surface area contributed by atoms with Crippen LogP contribution in [-0.4, -0.2) is 69.6 Å². The summed E-state index contributed by atoms with van der Waals surface area (Å²) < 4.78 is 212. The monoisotopic (exact) mass is 454 g/mol. The zero-order valence-electron chi connectivity index (χ0n) is 11.9.